The summed E-state index contributed by atoms with van der Waals surface area (Å²) in [5.41, 5.74) is 0.803. The molecule has 3 rings (SSSR count). The largest absolute Gasteiger partial charge is 0.453 e. The van der Waals surface area contributed by atoms with Crippen LogP contribution in [0.5, 0.6) is 11.5 Å². The van der Waals surface area contributed by atoms with Gasteiger partial charge in [0.25, 0.3) is 0 Å². The number of aromatic nitrogens is 4. The topological polar surface area (TPSA) is 96.0 Å². The van der Waals surface area contributed by atoms with E-state index >= 15 is 0 Å². The molecule has 0 amide bonds. The van der Waals surface area contributed by atoms with Crippen LogP contribution in [-0.2, 0) is 0 Å². The molecule has 0 saturated carbocycles. The van der Waals surface area contributed by atoms with Gasteiger partial charge in [-0.3, -0.25) is 4.98 Å². The first kappa shape index (κ1) is 15.5. The fourth-order valence-electron chi connectivity index (χ4n) is 1.89. The molecule has 24 heavy (non-hydrogen) atoms. The number of halogens is 2. The quantitative estimate of drug-likeness (QED) is 0.524. The summed E-state index contributed by atoms with van der Waals surface area (Å²) in [5.74, 6) is 0.374. The molecule has 3 aromatic rings. The summed E-state index contributed by atoms with van der Waals surface area (Å²) >= 11 is 0. The summed E-state index contributed by atoms with van der Waals surface area (Å²) < 4.78 is 31.2. The van der Waals surface area contributed by atoms with Crippen LogP contribution >= 0.6 is 0 Å². The Balaban J connectivity index is 1.80. The van der Waals surface area contributed by atoms with Crippen molar-refractivity contribution < 1.29 is 18.4 Å². The fraction of sp³-hybridized carbons (Fsp3) is 0.0714. The van der Waals surface area contributed by atoms with Crippen molar-refractivity contribution in [3.63, 3.8) is 0 Å². The highest BCUT2D eigenvalue weighted by Gasteiger charge is 2.11. The van der Waals surface area contributed by atoms with Crippen LogP contribution in [0.25, 0.3) is 11.3 Å². The molecule has 10 heteroatoms. The Kier molecular flexibility index (Phi) is 4.10. The number of nitro groups is 1. The van der Waals surface area contributed by atoms with Gasteiger partial charge < -0.3 is 14.9 Å². The number of hydrogen-bond acceptors (Lipinski definition) is 6. The van der Waals surface area contributed by atoms with Crippen LogP contribution in [0, 0.1) is 10.1 Å². The lowest BCUT2D eigenvalue weighted by atomic mass is 10.2. The standard InChI is InChI=1S/C14H9F2N5O3/c15-14(16)20-8-9(6-19-20)12-5-10(3-4-17-12)24-11-1-2-13(18-7-11)21(22)23/h1-8,14H. The van der Waals surface area contributed by atoms with E-state index in [1.54, 1.807) is 6.07 Å². The number of rotatable bonds is 5. The first-order valence-electron chi connectivity index (χ1n) is 6.60. The van der Waals surface area contributed by atoms with E-state index in [0.29, 0.717) is 27.4 Å². The van der Waals surface area contributed by atoms with E-state index in [0.717, 1.165) is 0 Å². The van der Waals surface area contributed by atoms with E-state index < -0.39 is 11.5 Å². The van der Waals surface area contributed by atoms with Gasteiger partial charge in [0.15, 0.2) is 11.9 Å². The lowest BCUT2D eigenvalue weighted by Crippen LogP contribution is -1.96. The van der Waals surface area contributed by atoms with Gasteiger partial charge in [0.1, 0.15) is 5.75 Å². The predicted octanol–water partition coefficient (Wildman–Crippen LogP) is 3.44. The van der Waals surface area contributed by atoms with E-state index in [9.17, 15) is 18.9 Å². The zero-order valence-corrected chi connectivity index (χ0v) is 11.9. The zero-order valence-electron chi connectivity index (χ0n) is 11.9. The number of hydrogen-bond donors (Lipinski definition) is 0. The summed E-state index contributed by atoms with van der Waals surface area (Å²) in [7, 11) is 0. The number of pyridine rings is 2. The van der Waals surface area contributed by atoms with Gasteiger partial charge in [-0.1, -0.05) is 0 Å². The summed E-state index contributed by atoms with van der Waals surface area (Å²) in [6.45, 7) is -2.73. The number of ether oxygens (including phenoxy) is 1. The SMILES string of the molecule is O=[N+]([O-])c1ccc(Oc2ccnc(-c3cnn(C(F)F)c3)c2)cn1. The van der Waals surface area contributed by atoms with Crippen molar-refractivity contribution in [2.75, 3.05) is 0 Å². The third-order valence-electron chi connectivity index (χ3n) is 2.97. The maximum absolute atomic E-state index is 12.6. The van der Waals surface area contributed by atoms with Gasteiger partial charge in [0, 0.05) is 30.1 Å². The Hall–Kier alpha value is -3.43. The minimum Gasteiger partial charge on any atom is -0.453 e. The molecular formula is C14H9F2N5O3. The maximum Gasteiger partial charge on any atom is 0.363 e. The van der Waals surface area contributed by atoms with Crippen molar-refractivity contribution in [1.82, 2.24) is 19.7 Å². The molecule has 3 heterocycles. The van der Waals surface area contributed by atoms with Crippen LogP contribution in [0.3, 0.4) is 0 Å². The van der Waals surface area contributed by atoms with Gasteiger partial charge in [-0.15, -0.1) is 0 Å². The van der Waals surface area contributed by atoms with Crippen LogP contribution < -0.4 is 4.74 Å². The molecule has 0 saturated heterocycles. The fourth-order valence-corrected chi connectivity index (χ4v) is 1.89. The molecule has 0 aliphatic carbocycles. The van der Waals surface area contributed by atoms with Crippen molar-refractivity contribution >= 4 is 5.82 Å². The second-order valence-electron chi connectivity index (χ2n) is 4.57. The Labute approximate surface area is 133 Å². The summed E-state index contributed by atoms with van der Waals surface area (Å²) in [6.07, 6.45) is 5.10. The molecule has 122 valence electrons. The molecule has 0 aliphatic heterocycles. The average Bonchev–Trinajstić information content (AvgIpc) is 3.06. The lowest BCUT2D eigenvalue weighted by molar-refractivity contribution is -0.389. The minimum absolute atomic E-state index is 0.293. The second kappa shape index (κ2) is 6.36. The minimum atomic E-state index is -2.73. The third-order valence-corrected chi connectivity index (χ3v) is 2.97. The molecule has 3 aromatic heterocycles. The van der Waals surface area contributed by atoms with Gasteiger partial charge >= 0.3 is 12.4 Å². The van der Waals surface area contributed by atoms with Crippen LogP contribution in [0.2, 0.25) is 0 Å². The van der Waals surface area contributed by atoms with Crippen LogP contribution in [-0.4, -0.2) is 24.7 Å². The van der Waals surface area contributed by atoms with Gasteiger partial charge in [-0.2, -0.15) is 13.9 Å². The second-order valence-corrected chi connectivity index (χ2v) is 4.57. The monoisotopic (exact) mass is 333 g/mol. The molecule has 0 atom stereocenters. The van der Waals surface area contributed by atoms with Crippen molar-refractivity contribution in [1.29, 1.82) is 0 Å². The van der Waals surface area contributed by atoms with Crippen molar-refractivity contribution in [3.8, 4) is 22.8 Å². The van der Waals surface area contributed by atoms with Crippen molar-refractivity contribution in [3.05, 3.63) is 59.2 Å². The molecule has 0 fully saturated rings. The summed E-state index contributed by atoms with van der Waals surface area (Å²) in [6, 6.07) is 5.71. The van der Waals surface area contributed by atoms with Gasteiger partial charge in [0.2, 0.25) is 0 Å². The first-order valence-corrected chi connectivity index (χ1v) is 6.60. The number of alkyl halides is 2. The van der Waals surface area contributed by atoms with Crippen molar-refractivity contribution in [2.24, 2.45) is 0 Å². The molecule has 0 radical (unpaired) electrons. The number of nitrogens with zero attached hydrogens (tertiary/aromatic N) is 5. The van der Waals surface area contributed by atoms with E-state index in [1.165, 1.54) is 43.0 Å². The van der Waals surface area contributed by atoms with E-state index in [-0.39, 0.29) is 5.82 Å². The summed E-state index contributed by atoms with van der Waals surface area (Å²) in [5, 5.41) is 14.1. The molecular weight excluding hydrogens is 324 g/mol. The van der Waals surface area contributed by atoms with Gasteiger partial charge in [-0.25, -0.2) is 4.68 Å². The van der Waals surface area contributed by atoms with Gasteiger partial charge in [0.05, 0.1) is 11.9 Å². The van der Waals surface area contributed by atoms with E-state index in [4.69, 9.17) is 4.74 Å². The Bertz CT molecular complexity index is 867. The molecule has 0 unspecified atom stereocenters. The molecule has 8 nitrogen and oxygen atoms in total. The normalized spacial score (nSPS) is 10.8. The van der Waals surface area contributed by atoms with E-state index in [1.807, 2.05) is 0 Å². The zero-order chi connectivity index (χ0) is 17.1. The molecule has 0 aliphatic rings. The lowest BCUT2D eigenvalue weighted by Gasteiger charge is -2.05. The predicted molar refractivity (Wildman–Crippen MR) is 77.7 cm³/mol. The Morgan fingerprint density at radius 2 is 2.00 bits per heavy atom. The van der Waals surface area contributed by atoms with Crippen LogP contribution in [0.15, 0.2) is 49.1 Å². The van der Waals surface area contributed by atoms with E-state index in [2.05, 4.69) is 15.1 Å². The third kappa shape index (κ3) is 3.32. The Morgan fingerprint density at radius 1 is 1.17 bits per heavy atom. The molecule has 0 bridgehead atoms. The van der Waals surface area contributed by atoms with Crippen LogP contribution in [0.1, 0.15) is 6.55 Å². The Morgan fingerprint density at radius 3 is 2.62 bits per heavy atom. The summed E-state index contributed by atoms with van der Waals surface area (Å²) in [4.78, 5) is 17.7. The smallest absolute Gasteiger partial charge is 0.363 e. The van der Waals surface area contributed by atoms with Gasteiger partial charge in [-0.05, 0) is 22.0 Å². The molecule has 0 N–H and O–H groups in total. The highest BCUT2D eigenvalue weighted by atomic mass is 19.3. The highest BCUT2D eigenvalue weighted by Crippen LogP contribution is 2.26. The van der Waals surface area contributed by atoms with Crippen molar-refractivity contribution in [2.45, 2.75) is 6.55 Å². The first-order chi connectivity index (χ1) is 11.5. The molecule has 0 spiro atoms. The molecule has 0 aromatic carbocycles. The highest BCUT2D eigenvalue weighted by molar-refractivity contribution is 5.58. The maximum atomic E-state index is 12.6. The average molecular weight is 333 g/mol. The van der Waals surface area contributed by atoms with Crippen LogP contribution in [0.4, 0.5) is 14.6 Å².